The van der Waals surface area contributed by atoms with E-state index in [4.69, 9.17) is 4.74 Å². The predicted octanol–water partition coefficient (Wildman–Crippen LogP) is 2.93. The van der Waals surface area contributed by atoms with Crippen LogP contribution < -0.4 is 0 Å². The van der Waals surface area contributed by atoms with Gasteiger partial charge in [-0.3, -0.25) is 0 Å². The second-order valence-electron chi connectivity index (χ2n) is 3.90. The molecule has 0 aromatic carbocycles. The zero-order valence-corrected chi connectivity index (χ0v) is 10.2. The number of hydrogen-bond acceptors (Lipinski definition) is 2. The summed E-state index contributed by atoms with van der Waals surface area (Å²) < 4.78 is 5.03. The third-order valence-corrected chi connectivity index (χ3v) is 2.40. The maximum absolute atomic E-state index is 5.03. The molecule has 0 heterocycles. The highest BCUT2D eigenvalue weighted by molar-refractivity contribution is 4.56. The van der Waals surface area contributed by atoms with Gasteiger partial charge in [-0.1, -0.05) is 13.8 Å². The molecule has 0 aromatic rings. The summed E-state index contributed by atoms with van der Waals surface area (Å²) in [5.41, 5.74) is 0. The molecule has 0 saturated heterocycles. The Balaban J connectivity index is 3.30. The zero-order chi connectivity index (χ0) is 10.6. The van der Waals surface area contributed by atoms with Crippen molar-refractivity contribution in [2.75, 3.05) is 33.4 Å². The lowest BCUT2D eigenvalue weighted by Crippen LogP contribution is -2.26. The van der Waals surface area contributed by atoms with Crippen molar-refractivity contribution in [3.8, 4) is 0 Å². The Morgan fingerprint density at radius 2 is 1.50 bits per heavy atom. The maximum Gasteiger partial charge on any atom is 0.0462 e. The first-order valence-electron chi connectivity index (χ1n) is 6.06. The summed E-state index contributed by atoms with van der Waals surface area (Å²) in [6.07, 6.45) is 6.39. The number of nitrogens with zero attached hydrogens (tertiary/aromatic N) is 1. The van der Waals surface area contributed by atoms with Crippen LogP contribution in [0.3, 0.4) is 0 Å². The first kappa shape index (κ1) is 13.9. The first-order chi connectivity index (χ1) is 6.85. The van der Waals surface area contributed by atoms with Crippen LogP contribution in [-0.4, -0.2) is 38.3 Å². The smallest absolute Gasteiger partial charge is 0.0462 e. The van der Waals surface area contributed by atoms with Gasteiger partial charge in [0.2, 0.25) is 0 Å². The molecule has 86 valence electrons. The molecule has 0 aromatic heterocycles. The second-order valence-corrected chi connectivity index (χ2v) is 3.90. The van der Waals surface area contributed by atoms with E-state index >= 15 is 0 Å². The molecule has 0 atom stereocenters. The van der Waals surface area contributed by atoms with E-state index in [1.807, 2.05) is 0 Å². The molecule has 0 aliphatic heterocycles. The molecule has 0 rings (SSSR count). The molecule has 0 radical (unpaired) electrons. The van der Waals surface area contributed by atoms with Gasteiger partial charge < -0.3 is 9.64 Å². The maximum atomic E-state index is 5.03. The predicted molar refractivity (Wildman–Crippen MR) is 62.7 cm³/mol. The summed E-state index contributed by atoms with van der Waals surface area (Å²) in [6.45, 7) is 9.23. The average molecular weight is 201 g/mol. The Labute approximate surface area is 89.6 Å². The summed E-state index contributed by atoms with van der Waals surface area (Å²) in [6, 6.07) is 0. The summed E-state index contributed by atoms with van der Waals surface area (Å²) in [5, 5.41) is 0. The van der Waals surface area contributed by atoms with Gasteiger partial charge in [-0.05, 0) is 51.7 Å². The van der Waals surface area contributed by atoms with Crippen LogP contribution in [0.25, 0.3) is 0 Å². The highest BCUT2D eigenvalue weighted by Crippen LogP contribution is 2.01. The zero-order valence-electron chi connectivity index (χ0n) is 10.2. The molecule has 0 aliphatic rings. The molecule has 14 heavy (non-hydrogen) atoms. The third-order valence-electron chi connectivity index (χ3n) is 2.40. The van der Waals surface area contributed by atoms with Gasteiger partial charge in [-0.2, -0.15) is 0 Å². The molecule has 0 fully saturated rings. The Kier molecular flexibility index (Phi) is 10.9. The minimum absolute atomic E-state index is 0.918. The largest absolute Gasteiger partial charge is 0.385 e. The average Bonchev–Trinajstić information content (AvgIpc) is 2.18. The summed E-state index contributed by atoms with van der Waals surface area (Å²) in [4.78, 5) is 2.58. The SMILES string of the molecule is CCCN(CCC)CCCCCOC. The van der Waals surface area contributed by atoms with E-state index in [-0.39, 0.29) is 0 Å². The number of hydrogen-bond donors (Lipinski definition) is 0. The van der Waals surface area contributed by atoms with E-state index in [0.29, 0.717) is 0 Å². The fourth-order valence-corrected chi connectivity index (χ4v) is 1.73. The van der Waals surface area contributed by atoms with Gasteiger partial charge in [-0.25, -0.2) is 0 Å². The molecular formula is C12H27NO. The number of methoxy groups -OCH3 is 1. The molecule has 0 spiro atoms. The lowest BCUT2D eigenvalue weighted by molar-refractivity contribution is 0.189. The van der Waals surface area contributed by atoms with E-state index in [0.717, 1.165) is 6.61 Å². The van der Waals surface area contributed by atoms with Crippen molar-refractivity contribution in [3.63, 3.8) is 0 Å². The van der Waals surface area contributed by atoms with Crippen LogP contribution in [0.1, 0.15) is 46.0 Å². The number of unbranched alkanes of at least 4 members (excludes halogenated alkanes) is 2. The molecule has 0 saturated carbocycles. The summed E-state index contributed by atoms with van der Waals surface area (Å²) in [7, 11) is 1.78. The second kappa shape index (κ2) is 11.0. The van der Waals surface area contributed by atoms with Crippen molar-refractivity contribution >= 4 is 0 Å². The Morgan fingerprint density at radius 3 is 2.00 bits per heavy atom. The van der Waals surface area contributed by atoms with Gasteiger partial charge in [-0.15, -0.1) is 0 Å². The van der Waals surface area contributed by atoms with Crippen molar-refractivity contribution in [1.82, 2.24) is 4.90 Å². The van der Waals surface area contributed by atoms with Crippen LogP contribution in [-0.2, 0) is 4.74 Å². The van der Waals surface area contributed by atoms with Gasteiger partial charge in [0.1, 0.15) is 0 Å². The molecule has 0 amide bonds. The van der Waals surface area contributed by atoms with Gasteiger partial charge in [0, 0.05) is 13.7 Å². The minimum Gasteiger partial charge on any atom is -0.385 e. The van der Waals surface area contributed by atoms with E-state index in [2.05, 4.69) is 18.7 Å². The lowest BCUT2D eigenvalue weighted by Gasteiger charge is -2.20. The van der Waals surface area contributed by atoms with Crippen molar-refractivity contribution < 1.29 is 4.74 Å². The first-order valence-corrected chi connectivity index (χ1v) is 6.06. The van der Waals surface area contributed by atoms with Gasteiger partial charge in [0.15, 0.2) is 0 Å². The Morgan fingerprint density at radius 1 is 0.857 bits per heavy atom. The third kappa shape index (κ3) is 8.52. The molecule has 2 heteroatoms. The van der Waals surface area contributed by atoms with Crippen LogP contribution in [0.2, 0.25) is 0 Å². The molecule has 0 aliphatic carbocycles. The Bertz CT molecular complexity index is 100. The van der Waals surface area contributed by atoms with Crippen molar-refractivity contribution in [3.05, 3.63) is 0 Å². The lowest BCUT2D eigenvalue weighted by atomic mass is 10.2. The highest BCUT2D eigenvalue weighted by Gasteiger charge is 2.01. The normalized spacial score (nSPS) is 11.1. The van der Waals surface area contributed by atoms with Crippen LogP contribution in [0.5, 0.6) is 0 Å². The fourth-order valence-electron chi connectivity index (χ4n) is 1.73. The van der Waals surface area contributed by atoms with Crippen LogP contribution in [0.15, 0.2) is 0 Å². The van der Waals surface area contributed by atoms with E-state index < -0.39 is 0 Å². The van der Waals surface area contributed by atoms with E-state index in [1.54, 1.807) is 7.11 Å². The monoisotopic (exact) mass is 201 g/mol. The van der Waals surface area contributed by atoms with Gasteiger partial charge in [0.25, 0.3) is 0 Å². The standard InChI is InChI=1S/C12H27NO/c1-4-9-13(10-5-2)11-7-6-8-12-14-3/h4-12H2,1-3H3. The summed E-state index contributed by atoms with van der Waals surface area (Å²) >= 11 is 0. The fraction of sp³-hybridized carbons (Fsp3) is 1.00. The Hall–Kier alpha value is -0.0800. The van der Waals surface area contributed by atoms with Crippen molar-refractivity contribution in [1.29, 1.82) is 0 Å². The topological polar surface area (TPSA) is 12.5 Å². The van der Waals surface area contributed by atoms with Gasteiger partial charge in [0.05, 0.1) is 0 Å². The molecule has 0 unspecified atom stereocenters. The molecule has 0 N–H and O–H groups in total. The summed E-state index contributed by atoms with van der Waals surface area (Å²) in [5.74, 6) is 0. The van der Waals surface area contributed by atoms with Crippen LogP contribution >= 0.6 is 0 Å². The van der Waals surface area contributed by atoms with Gasteiger partial charge >= 0.3 is 0 Å². The number of ether oxygens (including phenoxy) is 1. The minimum atomic E-state index is 0.918. The molecule has 2 nitrogen and oxygen atoms in total. The molecule has 0 bridgehead atoms. The van der Waals surface area contributed by atoms with Crippen LogP contribution in [0, 0.1) is 0 Å². The van der Waals surface area contributed by atoms with Crippen molar-refractivity contribution in [2.45, 2.75) is 46.0 Å². The quantitative estimate of drug-likeness (QED) is 0.504. The highest BCUT2D eigenvalue weighted by atomic mass is 16.5. The van der Waals surface area contributed by atoms with E-state index in [1.165, 1.54) is 51.7 Å². The number of rotatable bonds is 10. The van der Waals surface area contributed by atoms with Crippen LogP contribution in [0.4, 0.5) is 0 Å². The van der Waals surface area contributed by atoms with E-state index in [9.17, 15) is 0 Å². The van der Waals surface area contributed by atoms with Crippen molar-refractivity contribution in [2.24, 2.45) is 0 Å². The molecular weight excluding hydrogens is 174 g/mol.